The Morgan fingerprint density at radius 1 is 1.38 bits per heavy atom. The van der Waals surface area contributed by atoms with Crippen LogP contribution in [0, 0.1) is 11.8 Å². The molecule has 0 aromatic heterocycles. The Morgan fingerprint density at radius 3 is 2.44 bits per heavy atom. The zero-order valence-electron chi connectivity index (χ0n) is 11.7. The lowest BCUT2D eigenvalue weighted by atomic mass is 9.87. The number of ether oxygens (including phenoxy) is 1. The lowest BCUT2D eigenvalue weighted by Crippen LogP contribution is -2.37. The zero-order chi connectivity index (χ0) is 12.3. The van der Waals surface area contributed by atoms with E-state index < -0.39 is 0 Å². The van der Waals surface area contributed by atoms with Gasteiger partial charge in [-0.2, -0.15) is 11.8 Å². The van der Waals surface area contributed by atoms with Gasteiger partial charge in [0.2, 0.25) is 0 Å². The summed E-state index contributed by atoms with van der Waals surface area (Å²) in [5.74, 6) is 1.46. The van der Waals surface area contributed by atoms with Crippen molar-refractivity contribution < 1.29 is 4.74 Å². The minimum Gasteiger partial charge on any atom is -0.373 e. The van der Waals surface area contributed by atoms with Crippen molar-refractivity contribution in [2.75, 3.05) is 6.26 Å². The van der Waals surface area contributed by atoms with Gasteiger partial charge in [0.25, 0.3) is 0 Å². The second kappa shape index (κ2) is 5.77. The fourth-order valence-electron chi connectivity index (χ4n) is 2.63. The van der Waals surface area contributed by atoms with E-state index in [1.807, 2.05) is 11.8 Å². The third-order valence-corrected chi connectivity index (χ3v) is 5.58. The van der Waals surface area contributed by atoms with Gasteiger partial charge in [0.15, 0.2) is 0 Å². The van der Waals surface area contributed by atoms with E-state index >= 15 is 0 Å². The number of hydrogen-bond acceptors (Lipinski definition) is 2. The topological polar surface area (TPSA) is 9.23 Å². The minimum absolute atomic E-state index is 0.253. The van der Waals surface area contributed by atoms with E-state index in [4.69, 9.17) is 4.74 Å². The van der Waals surface area contributed by atoms with Crippen molar-refractivity contribution in [3.63, 3.8) is 0 Å². The summed E-state index contributed by atoms with van der Waals surface area (Å²) in [6, 6.07) is 0. The van der Waals surface area contributed by atoms with Gasteiger partial charge in [0.05, 0.1) is 12.2 Å². The van der Waals surface area contributed by atoms with Crippen LogP contribution in [0.25, 0.3) is 0 Å². The lowest BCUT2D eigenvalue weighted by molar-refractivity contribution is -0.00755. The third-order valence-electron chi connectivity index (χ3n) is 4.30. The van der Waals surface area contributed by atoms with Crippen molar-refractivity contribution in [3.05, 3.63) is 0 Å². The Labute approximate surface area is 106 Å². The van der Waals surface area contributed by atoms with Crippen LogP contribution in [0.1, 0.15) is 53.9 Å². The van der Waals surface area contributed by atoms with Gasteiger partial charge >= 0.3 is 0 Å². The maximum atomic E-state index is 6.35. The van der Waals surface area contributed by atoms with E-state index in [1.165, 1.54) is 19.3 Å². The van der Waals surface area contributed by atoms with Crippen LogP contribution >= 0.6 is 11.8 Å². The molecule has 0 radical (unpaired) electrons. The van der Waals surface area contributed by atoms with Crippen LogP contribution in [0.2, 0.25) is 0 Å². The molecule has 0 aromatic rings. The van der Waals surface area contributed by atoms with Crippen LogP contribution in [-0.4, -0.2) is 23.2 Å². The molecule has 0 aliphatic carbocycles. The fourth-order valence-corrected chi connectivity index (χ4v) is 3.11. The first kappa shape index (κ1) is 14.4. The molecule has 1 heterocycles. The molecule has 0 saturated carbocycles. The van der Waals surface area contributed by atoms with Gasteiger partial charge < -0.3 is 4.74 Å². The molecule has 1 aliphatic heterocycles. The highest BCUT2D eigenvalue weighted by molar-refractivity contribution is 8.00. The SMILES string of the molecule is CCC(C)C1CC(CC)C(C(C)(C)SC)O1. The number of rotatable bonds is 5. The van der Waals surface area contributed by atoms with E-state index in [-0.39, 0.29) is 4.75 Å². The van der Waals surface area contributed by atoms with E-state index in [0.717, 1.165) is 5.92 Å². The largest absolute Gasteiger partial charge is 0.373 e. The first-order valence-corrected chi connectivity index (χ1v) is 7.89. The first-order valence-electron chi connectivity index (χ1n) is 6.66. The molecule has 1 rings (SSSR count). The van der Waals surface area contributed by atoms with Crippen LogP contribution in [0.15, 0.2) is 0 Å². The summed E-state index contributed by atoms with van der Waals surface area (Å²) >= 11 is 1.94. The van der Waals surface area contributed by atoms with Crippen molar-refractivity contribution in [2.45, 2.75) is 70.8 Å². The Balaban J connectivity index is 2.71. The summed E-state index contributed by atoms with van der Waals surface area (Å²) in [6.45, 7) is 11.5. The highest BCUT2D eigenvalue weighted by Crippen LogP contribution is 2.42. The van der Waals surface area contributed by atoms with Crippen LogP contribution in [0.4, 0.5) is 0 Å². The lowest BCUT2D eigenvalue weighted by Gasteiger charge is -2.33. The molecule has 0 N–H and O–H groups in total. The molecule has 1 nitrogen and oxygen atoms in total. The van der Waals surface area contributed by atoms with Crippen molar-refractivity contribution in [2.24, 2.45) is 11.8 Å². The smallest absolute Gasteiger partial charge is 0.0749 e. The van der Waals surface area contributed by atoms with Crippen molar-refractivity contribution in [3.8, 4) is 0 Å². The van der Waals surface area contributed by atoms with E-state index in [2.05, 4.69) is 40.9 Å². The fraction of sp³-hybridized carbons (Fsp3) is 1.00. The average Bonchev–Trinajstić information content (AvgIpc) is 2.72. The maximum Gasteiger partial charge on any atom is 0.0749 e. The predicted molar refractivity (Wildman–Crippen MR) is 74.1 cm³/mol. The summed E-state index contributed by atoms with van der Waals surface area (Å²) in [5, 5.41) is 0. The molecule has 4 atom stereocenters. The van der Waals surface area contributed by atoms with Gasteiger partial charge in [-0.3, -0.25) is 0 Å². The molecule has 1 saturated heterocycles. The standard InChI is InChI=1S/C14H28OS/c1-7-10(3)12-9-11(8-2)13(15-12)14(4,5)16-6/h10-13H,7-9H2,1-6H3. The Morgan fingerprint density at radius 2 is 2.00 bits per heavy atom. The maximum absolute atomic E-state index is 6.35. The highest BCUT2D eigenvalue weighted by atomic mass is 32.2. The molecule has 0 bridgehead atoms. The molecule has 1 aliphatic rings. The van der Waals surface area contributed by atoms with Crippen molar-refractivity contribution in [1.82, 2.24) is 0 Å². The summed E-state index contributed by atoms with van der Waals surface area (Å²) in [5.41, 5.74) is 0. The van der Waals surface area contributed by atoms with Gasteiger partial charge in [-0.25, -0.2) is 0 Å². The zero-order valence-corrected chi connectivity index (χ0v) is 12.6. The van der Waals surface area contributed by atoms with Gasteiger partial charge in [-0.1, -0.05) is 33.6 Å². The van der Waals surface area contributed by atoms with E-state index in [1.54, 1.807) is 0 Å². The first-order chi connectivity index (χ1) is 7.46. The second-order valence-corrected chi connectivity index (χ2v) is 7.15. The van der Waals surface area contributed by atoms with Crippen LogP contribution < -0.4 is 0 Å². The average molecular weight is 244 g/mol. The molecular formula is C14H28OS. The Bertz CT molecular complexity index is 215. The van der Waals surface area contributed by atoms with Gasteiger partial charge in [0, 0.05) is 4.75 Å². The summed E-state index contributed by atoms with van der Waals surface area (Å²) in [4.78, 5) is 0. The molecule has 0 spiro atoms. The van der Waals surface area contributed by atoms with E-state index in [9.17, 15) is 0 Å². The molecule has 0 aromatic carbocycles. The number of hydrogen-bond donors (Lipinski definition) is 0. The van der Waals surface area contributed by atoms with Crippen LogP contribution in [-0.2, 0) is 4.74 Å². The highest BCUT2D eigenvalue weighted by Gasteiger charge is 2.43. The summed E-state index contributed by atoms with van der Waals surface area (Å²) < 4.78 is 6.61. The number of thioether (sulfide) groups is 1. The van der Waals surface area contributed by atoms with Crippen LogP contribution in [0.3, 0.4) is 0 Å². The second-order valence-electron chi connectivity index (χ2n) is 5.69. The quantitative estimate of drug-likeness (QED) is 0.711. The molecule has 0 amide bonds. The predicted octanol–water partition coefficient (Wildman–Crippen LogP) is 4.36. The van der Waals surface area contributed by atoms with Gasteiger partial charge in [0.1, 0.15) is 0 Å². The molecule has 2 heteroatoms. The molecule has 96 valence electrons. The normalized spacial score (nSPS) is 33.0. The van der Waals surface area contributed by atoms with Gasteiger partial charge in [-0.15, -0.1) is 0 Å². The minimum atomic E-state index is 0.253. The van der Waals surface area contributed by atoms with Crippen molar-refractivity contribution >= 4 is 11.8 Å². The molecule has 16 heavy (non-hydrogen) atoms. The molecule has 4 unspecified atom stereocenters. The molecular weight excluding hydrogens is 216 g/mol. The van der Waals surface area contributed by atoms with E-state index in [0.29, 0.717) is 18.1 Å². The van der Waals surface area contributed by atoms with Gasteiger partial charge in [-0.05, 0) is 38.4 Å². The van der Waals surface area contributed by atoms with Crippen molar-refractivity contribution in [1.29, 1.82) is 0 Å². The third kappa shape index (κ3) is 2.95. The monoisotopic (exact) mass is 244 g/mol. The molecule has 1 fully saturated rings. The Hall–Kier alpha value is 0.310. The Kier molecular flexibility index (Phi) is 5.18. The summed E-state index contributed by atoms with van der Waals surface area (Å²) in [6.07, 6.45) is 6.87. The van der Waals surface area contributed by atoms with Crippen LogP contribution in [0.5, 0.6) is 0 Å². The summed E-state index contributed by atoms with van der Waals surface area (Å²) in [7, 11) is 0.